The fourth-order valence-corrected chi connectivity index (χ4v) is 4.14. The third-order valence-electron chi connectivity index (χ3n) is 5.39. The SMILES string of the molecule is NC(=O)OCc1ccc(OS(=O)(=O)Oc2cc(C(=O)NCCO)ccc2O[C@H]2O[C@@H](CO)[C@@H](O)[C@@H](O)[C@@H]2O)cc1. The Morgan fingerprint density at radius 3 is 2.27 bits per heavy atom. The number of amides is 2. The molecular formula is C23H28N2O14S. The monoisotopic (exact) mass is 588 g/mol. The van der Waals surface area contributed by atoms with E-state index in [2.05, 4.69) is 10.1 Å². The van der Waals surface area contributed by atoms with Crippen LogP contribution in [0.15, 0.2) is 42.5 Å². The van der Waals surface area contributed by atoms with E-state index in [1.165, 1.54) is 30.3 Å². The molecule has 0 aliphatic carbocycles. The highest BCUT2D eigenvalue weighted by atomic mass is 32.3. The number of ether oxygens (including phenoxy) is 3. The number of aliphatic hydroxyl groups excluding tert-OH is 5. The van der Waals surface area contributed by atoms with Crippen LogP contribution in [0.4, 0.5) is 4.79 Å². The molecule has 0 aromatic heterocycles. The minimum absolute atomic E-state index is 0.0972. The highest BCUT2D eigenvalue weighted by Gasteiger charge is 2.45. The van der Waals surface area contributed by atoms with Gasteiger partial charge in [0, 0.05) is 12.1 Å². The van der Waals surface area contributed by atoms with Crippen molar-refractivity contribution in [3.63, 3.8) is 0 Å². The molecule has 5 atom stereocenters. The van der Waals surface area contributed by atoms with Crippen molar-refractivity contribution >= 4 is 22.4 Å². The van der Waals surface area contributed by atoms with Crippen LogP contribution in [0.2, 0.25) is 0 Å². The maximum absolute atomic E-state index is 12.7. The van der Waals surface area contributed by atoms with Crippen molar-refractivity contribution < 1.29 is 66.1 Å². The van der Waals surface area contributed by atoms with E-state index in [4.69, 9.17) is 28.7 Å². The van der Waals surface area contributed by atoms with Crippen molar-refractivity contribution in [1.82, 2.24) is 5.32 Å². The molecule has 1 fully saturated rings. The van der Waals surface area contributed by atoms with Crippen LogP contribution in [0.3, 0.4) is 0 Å². The molecule has 0 bridgehead atoms. The van der Waals surface area contributed by atoms with Crippen molar-refractivity contribution in [2.45, 2.75) is 37.3 Å². The minimum atomic E-state index is -4.89. The van der Waals surface area contributed by atoms with Gasteiger partial charge in [0.2, 0.25) is 6.29 Å². The molecule has 1 aliphatic heterocycles. The summed E-state index contributed by atoms with van der Waals surface area (Å²) in [5, 5.41) is 51.0. The molecule has 1 saturated heterocycles. The van der Waals surface area contributed by atoms with Gasteiger partial charge in [-0.15, -0.1) is 8.42 Å². The van der Waals surface area contributed by atoms with Crippen LogP contribution < -0.4 is 24.2 Å². The number of hydrogen-bond donors (Lipinski definition) is 7. The van der Waals surface area contributed by atoms with E-state index in [0.29, 0.717) is 5.56 Å². The lowest BCUT2D eigenvalue weighted by Crippen LogP contribution is -2.60. The lowest BCUT2D eigenvalue weighted by molar-refractivity contribution is -0.277. The van der Waals surface area contributed by atoms with Gasteiger partial charge in [0.1, 0.15) is 36.8 Å². The molecule has 1 heterocycles. The first-order chi connectivity index (χ1) is 18.9. The van der Waals surface area contributed by atoms with Crippen molar-refractivity contribution in [2.24, 2.45) is 5.73 Å². The Morgan fingerprint density at radius 2 is 1.65 bits per heavy atom. The zero-order chi connectivity index (χ0) is 29.4. The van der Waals surface area contributed by atoms with E-state index < -0.39 is 71.2 Å². The zero-order valence-corrected chi connectivity index (χ0v) is 21.5. The summed E-state index contributed by atoms with van der Waals surface area (Å²) in [5.41, 5.74) is 5.26. The van der Waals surface area contributed by atoms with E-state index in [9.17, 15) is 38.4 Å². The molecule has 0 unspecified atom stereocenters. The highest BCUT2D eigenvalue weighted by molar-refractivity contribution is 7.82. The Balaban J connectivity index is 1.85. The summed E-state index contributed by atoms with van der Waals surface area (Å²) in [4.78, 5) is 23.1. The summed E-state index contributed by atoms with van der Waals surface area (Å²) in [6.07, 6.45) is -9.30. The van der Waals surface area contributed by atoms with Crippen LogP contribution in [0.5, 0.6) is 17.2 Å². The van der Waals surface area contributed by atoms with Gasteiger partial charge in [-0.3, -0.25) is 4.79 Å². The summed E-state index contributed by atoms with van der Waals surface area (Å²) in [7, 11) is -4.89. The molecule has 16 nitrogen and oxygen atoms in total. The average Bonchev–Trinajstić information content (AvgIpc) is 2.91. The number of carbonyl (C=O) groups excluding carboxylic acids is 2. The first kappa shape index (κ1) is 30.8. The quantitative estimate of drug-likeness (QED) is 0.140. The van der Waals surface area contributed by atoms with Gasteiger partial charge >= 0.3 is 16.5 Å². The second-order valence-corrected chi connectivity index (χ2v) is 9.43. The van der Waals surface area contributed by atoms with Crippen LogP contribution in [0, 0.1) is 0 Å². The van der Waals surface area contributed by atoms with Gasteiger partial charge in [-0.2, -0.15) is 0 Å². The number of benzene rings is 2. The summed E-state index contributed by atoms with van der Waals surface area (Å²) < 4.78 is 50.8. The Bertz CT molecular complexity index is 1270. The highest BCUT2D eigenvalue weighted by Crippen LogP contribution is 2.33. The summed E-state index contributed by atoms with van der Waals surface area (Å²) in [5.74, 6) is -1.89. The van der Waals surface area contributed by atoms with Crippen molar-refractivity contribution in [3.05, 3.63) is 53.6 Å². The Morgan fingerprint density at radius 1 is 0.950 bits per heavy atom. The Labute approximate surface area is 227 Å². The van der Waals surface area contributed by atoms with Crippen LogP contribution in [-0.2, 0) is 26.5 Å². The molecule has 2 amide bonds. The fourth-order valence-electron chi connectivity index (χ4n) is 3.41. The lowest BCUT2D eigenvalue weighted by atomic mass is 9.99. The van der Waals surface area contributed by atoms with E-state index in [1.807, 2.05) is 0 Å². The molecule has 17 heteroatoms. The average molecular weight is 589 g/mol. The van der Waals surface area contributed by atoms with Crippen molar-refractivity contribution in [2.75, 3.05) is 19.8 Å². The number of rotatable bonds is 12. The third kappa shape index (κ3) is 8.15. The predicted octanol–water partition coefficient (Wildman–Crippen LogP) is -2.11. The van der Waals surface area contributed by atoms with Gasteiger partial charge in [0.25, 0.3) is 5.91 Å². The fraction of sp³-hybridized carbons (Fsp3) is 0.391. The normalized spacial score (nSPS) is 22.7. The van der Waals surface area contributed by atoms with Gasteiger partial charge in [0.15, 0.2) is 11.5 Å². The van der Waals surface area contributed by atoms with Crippen LogP contribution in [0.25, 0.3) is 0 Å². The second kappa shape index (κ2) is 13.6. The molecule has 1 aliphatic rings. The molecule has 8 N–H and O–H groups in total. The van der Waals surface area contributed by atoms with Crippen molar-refractivity contribution in [3.8, 4) is 17.2 Å². The van der Waals surface area contributed by atoms with Crippen LogP contribution in [-0.4, -0.2) is 96.4 Å². The topological polar surface area (TPSA) is 254 Å². The maximum atomic E-state index is 12.7. The van der Waals surface area contributed by atoms with Gasteiger partial charge in [-0.05, 0) is 35.9 Å². The summed E-state index contributed by atoms with van der Waals surface area (Å²) in [6, 6.07) is 8.56. The molecule has 40 heavy (non-hydrogen) atoms. The van der Waals surface area contributed by atoms with Gasteiger partial charge in [-0.25, -0.2) is 4.79 Å². The second-order valence-electron chi connectivity index (χ2n) is 8.28. The largest absolute Gasteiger partial charge is 0.501 e. The molecule has 0 spiro atoms. The van der Waals surface area contributed by atoms with Gasteiger partial charge in [0.05, 0.1) is 13.2 Å². The molecule has 0 radical (unpaired) electrons. The number of nitrogens with two attached hydrogens (primary N) is 1. The molecule has 3 rings (SSSR count). The van der Waals surface area contributed by atoms with Gasteiger partial charge < -0.3 is 59.2 Å². The number of nitrogens with one attached hydrogen (secondary N) is 1. The standard InChI is InChI=1S/C23H28N2O14S/c24-23(32)35-11-12-1-4-14(5-2-12)38-40(33,34)39-16-9-13(21(31)25-7-8-26)3-6-15(16)36-22-20(30)19(29)18(28)17(10-27)37-22/h1-6,9,17-20,22,26-30H,7-8,10-11H2,(H2,24,32)(H,25,31)/t17-,18+,19+,20-,22-/m0/s1. The van der Waals surface area contributed by atoms with Crippen LogP contribution >= 0.6 is 0 Å². The molecule has 0 saturated carbocycles. The van der Waals surface area contributed by atoms with E-state index in [1.54, 1.807) is 0 Å². The number of carbonyl (C=O) groups is 2. The summed E-state index contributed by atoms with van der Waals surface area (Å²) in [6.45, 7) is -1.36. The van der Waals surface area contributed by atoms with E-state index in [-0.39, 0.29) is 31.1 Å². The number of hydrogen-bond acceptors (Lipinski definition) is 14. The lowest BCUT2D eigenvalue weighted by Gasteiger charge is -2.39. The Hall–Kier alpha value is -3.71. The van der Waals surface area contributed by atoms with Crippen molar-refractivity contribution in [1.29, 1.82) is 0 Å². The van der Waals surface area contributed by atoms with Gasteiger partial charge in [-0.1, -0.05) is 12.1 Å². The first-order valence-corrected chi connectivity index (χ1v) is 12.9. The van der Waals surface area contributed by atoms with E-state index in [0.717, 1.165) is 12.1 Å². The third-order valence-corrected chi connectivity index (χ3v) is 6.17. The Kier molecular flexibility index (Phi) is 10.5. The zero-order valence-electron chi connectivity index (χ0n) is 20.7. The molecule has 2 aromatic carbocycles. The smallest absolute Gasteiger partial charge is 0.458 e. The minimum Gasteiger partial charge on any atom is -0.458 e. The van der Waals surface area contributed by atoms with E-state index >= 15 is 0 Å². The maximum Gasteiger partial charge on any atom is 0.501 e. The first-order valence-electron chi connectivity index (χ1n) is 11.6. The molecule has 220 valence electrons. The number of primary amides is 1. The predicted molar refractivity (Wildman–Crippen MR) is 131 cm³/mol. The molecular weight excluding hydrogens is 560 g/mol. The molecule has 2 aromatic rings. The number of aliphatic hydroxyl groups is 5. The van der Waals surface area contributed by atoms with Crippen LogP contribution in [0.1, 0.15) is 15.9 Å². The summed E-state index contributed by atoms with van der Waals surface area (Å²) >= 11 is 0.